The first-order valence-corrected chi connectivity index (χ1v) is 11.1. The first kappa shape index (κ1) is 23.6. The molecule has 0 aliphatic heterocycles. The monoisotopic (exact) mass is 439 g/mol. The van der Waals surface area contributed by atoms with Crippen LogP contribution in [0.25, 0.3) is 0 Å². The number of rotatable bonds is 7. The number of nitrogens with zero attached hydrogens (tertiary/aromatic N) is 1. The van der Waals surface area contributed by atoms with E-state index in [2.05, 4.69) is 0 Å². The third-order valence-electron chi connectivity index (χ3n) is 5.56. The predicted octanol–water partition coefficient (Wildman–Crippen LogP) is 4.92. The average molecular weight is 440 g/mol. The average Bonchev–Trinajstić information content (AvgIpc) is 3.19. The molecular formula is C25H33N3O4. The predicted molar refractivity (Wildman–Crippen MR) is 126 cm³/mol. The van der Waals surface area contributed by atoms with Crippen LogP contribution in [-0.2, 0) is 22.3 Å². The summed E-state index contributed by atoms with van der Waals surface area (Å²) in [6, 6.07) is 8.53. The second kappa shape index (κ2) is 10.0. The SMILES string of the molecule is CC(C)OCCOC(=N)N(C(=N)c1cc(C(C)C)c(O)cc1O)c1ccc2c(c1)CCC2. The number of hydrogen-bond donors (Lipinski definition) is 4. The Kier molecular flexibility index (Phi) is 7.40. The number of ether oxygens (including phenoxy) is 2. The van der Waals surface area contributed by atoms with E-state index in [0.717, 1.165) is 19.3 Å². The van der Waals surface area contributed by atoms with Crippen LogP contribution in [0.5, 0.6) is 11.5 Å². The maximum absolute atomic E-state index is 10.5. The molecule has 4 N–H and O–H groups in total. The number of fused-ring (bicyclic) bond motifs is 1. The van der Waals surface area contributed by atoms with E-state index < -0.39 is 0 Å². The Hall–Kier alpha value is -3.06. The minimum Gasteiger partial charge on any atom is -0.508 e. The van der Waals surface area contributed by atoms with Crippen LogP contribution in [0.15, 0.2) is 30.3 Å². The summed E-state index contributed by atoms with van der Waals surface area (Å²) in [5.74, 6) is -0.342. The van der Waals surface area contributed by atoms with Crippen LogP contribution in [0.4, 0.5) is 5.69 Å². The highest BCUT2D eigenvalue weighted by Gasteiger charge is 2.26. The van der Waals surface area contributed by atoms with Crippen molar-refractivity contribution in [3.63, 3.8) is 0 Å². The van der Waals surface area contributed by atoms with E-state index in [1.165, 1.54) is 22.1 Å². The highest BCUT2D eigenvalue weighted by Crippen LogP contribution is 2.34. The molecule has 7 nitrogen and oxygen atoms in total. The first-order chi connectivity index (χ1) is 15.2. The highest BCUT2D eigenvalue weighted by molar-refractivity contribution is 6.22. The van der Waals surface area contributed by atoms with Gasteiger partial charge < -0.3 is 19.7 Å². The summed E-state index contributed by atoms with van der Waals surface area (Å²) in [5, 5.41) is 38.2. The van der Waals surface area contributed by atoms with Crippen molar-refractivity contribution in [3.05, 3.63) is 52.6 Å². The lowest BCUT2D eigenvalue weighted by molar-refractivity contribution is 0.0519. The maximum atomic E-state index is 10.5. The molecule has 0 radical (unpaired) electrons. The molecule has 1 aliphatic carbocycles. The molecule has 0 fully saturated rings. The van der Waals surface area contributed by atoms with E-state index >= 15 is 0 Å². The largest absolute Gasteiger partial charge is 0.508 e. The summed E-state index contributed by atoms with van der Waals surface area (Å²) in [5.41, 5.74) is 3.96. The second-order valence-electron chi connectivity index (χ2n) is 8.65. The standard InChI is InChI=1S/C25H33N3O4/c1-15(2)20-13-21(23(30)14-22(20)29)24(26)28(25(27)32-11-10-31-16(3)4)19-9-8-17-6-5-7-18(17)12-19/h8-9,12-16,26-27,29-30H,5-7,10-11H2,1-4H3. The molecule has 1 aliphatic rings. The number of amidine groups is 2. The number of benzene rings is 2. The zero-order chi connectivity index (χ0) is 23.4. The molecule has 0 spiro atoms. The lowest BCUT2D eigenvalue weighted by Gasteiger charge is -2.27. The molecule has 0 bridgehead atoms. The molecule has 3 rings (SSSR count). The fraction of sp³-hybridized carbons (Fsp3) is 0.440. The van der Waals surface area contributed by atoms with Crippen molar-refractivity contribution in [1.29, 1.82) is 10.8 Å². The van der Waals surface area contributed by atoms with Crippen LogP contribution in [0.2, 0.25) is 0 Å². The van der Waals surface area contributed by atoms with Gasteiger partial charge in [-0.15, -0.1) is 0 Å². The summed E-state index contributed by atoms with van der Waals surface area (Å²) in [6.45, 7) is 8.21. The number of aromatic hydroxyl groups is 2. The number of phenolic OH excluding ortho intramolecular Hbond substituents is 2. The van der Waals surface area contributed by atoms with Crippen molar-refractivity contribution in [2.24, 2.45) is 0 Å². The molecule has 0 atom stereocenters. The van der Waals surface area contributed by atoms with E-state index in [9.17, 15) is 10.2 Å². The van der Waals surface area contributed by atoms with Crippen molar-refractivity contribution in [2.75, 3.05) is 18.1 Å². The fourth-order valence-corrected chi connectivity index (χ4v) is 3.90. The van der Waals surface area contributed by atoms with Gasteiger partial charge in [-0.3, -0.25) is 10.8 Å². The Morgan fingerprint density at radius 2 is 1.69 bits per heavy atom. The molecule has 0 heterocycles. The maximum Gasteiger partial charge on any atom is 0.295 e. The van der Waals surface area contributed by atoms with E-state index in [1.807, 2.05) is 45.9 Å². The molecule has 0 saturated heterocycles. The zero-order valence-electron chi connectivity index (χ0n) is 19.2. The molecule has 2 aromatic carbocycles. The molecule has 0 saturated carbocycles. The van der Waals surface area contributed by atoms with Gasteiger partial charge in [0.05, 0.1) is 24.0 Å². The Labute approximate surface area is 189 Å². The van der Waals surface area contributed by atoms with Gasteiger partial charge in [-0.05, 0) is 73.9 Å². The molecule has 7 heteroatoms. The highest BCUT2D eigenvalue weighted by atomic mass is 16.5. The van der Waals surface area contributed by atoms with Gasteiger partial charge in [0.15, 0.2) is 0 Å². The lowest BCUT2D eigenvalue weighted by Crippen LogP contribution is -2.39. The van der Waals surface area contributed by atoms with Crippen molar-refractivity contribution >= 4 is 17.5 Å². The smallest absolute Gasteiger partial charge is 0.295 e. The van der Waals surface area contributed by atoms with Crippen LogP contribution in [0.3, 0.4) is 0 Å². The van der Waals surface area contributed by atoms with Crippen LogP contribution in [0, 0.1) is 10.8 Å². The van der Waals surface area contributed by atoms with Gasteiger partial charge >= 0.3 is 0 Å². The van der Waals surface area contributed by atoms with E-state index in [4.69, 9.17) is 20.3 Å². The summed E-state index contributed by atoms with van der Waals surface area (Å²) < 4.78 is 11.1. The van der Waals surface area contributed by atoms with Crippen LogP contribution in [0.1, 0.15) is 62.3 Å². The molecule has 172 valence electrons. The quantitative estimate of drug-likeness (QED) is 0.278. The Morgan fingerprint density at radius 3 is 2.38 bits per heavy atom. The number of hydrogen-bond acceptors (Lipinski definition) is 6. The van der Waals surface area contributed by atoms with Gasteiger partial charge in [0, 0.05) is 6.07 Å². The third kappa shape index (κ3) is 5.22. The van der Waals surface area contributed by atoms with Crippen molar-refractivity contribution < 1.29 is 19.7 Å². The van der Waals surface area contributed by atoms with Gasteiger partial charge in [0.25, 0.3) is 6.02 Å². The van der Waals surface area contributed by atoms with E-state index in [1.54, 1.807) is 6.07 Å². The third-order valence-corrected chi connectivity index (χ3v) is 5.56. The molecule has 0 aromatic heterocycles. The van der Waals surface area contributed by atoms with Gasteiger partial charge in [-0.25, -0.2) is 4.90 Å². The van der Waals surface area contributed by atoms with Gasteiger partial charge in [0.2, 0.25) is 0 Å². The summed E-state index contributed by atoms with van der Waals surface area (Å²) in [7, 11) is 0. The molecule has 2 aromatic rings. The molecule has 32 heavy (non-hydrogen) atoms. The van der Waals surface area contributed by atoms with Crippen molar-refractivity contribution in [2.45, 2.75) is 59.0 Å². The topological polar surface area (TPSA) is 110 Å². The Balaban J connectivity index is 1.96. The van der Waals surface area contributed by atoms with Crippen LogP contribution >= 0.6 is 0 Å². The number of anilines is 1. The summed E-state index contributed by atoms with van der Waals surface area (Å²) in [4.78, 5) is 1.38. The number of aryl methyl sites for hydroxylation is 2. The number of nitrogens with one attached hydrogen (secondary N) is 2. The van der Waals surface area contributed by atoms with Crippen LogP contribution in [-0.4, -0.2) is 41.4 Å². The molecule has 0 unspecified atom stereocenters. The molecule has 0 amide bonds. The normalized spacial score (nSPS) is 12.8. The minimum absolute atomic E-state index is 0.000483. The van der Waals surface area contributed by atoms with E-state index in [0.29, 0.717) is 17.9 Å². The zero-order valence-corrected chi connectivity index (χ0v) is 19.2. The van der Waals surface area contributed by atoms with Crippen molar-refractivity contribution in [1.82, 2.24) is 0 Å². The Bertz CT molecular complexity index is 1000. The summed E-state index contributed by atoms with van der Waals surface area (Å²) in [6.07, 6.45) is 3.14. The van der Waals surface area contributed by atoms with Gasteiger partial charge in [-0.2, -0.15) is 0 Å². The second-order valence-corrected chi connectivity index (χ2v) is 8.65. The number of phenols is 2. The van der Waals surface area contributed by atoms with E-state index in [-0.39, 0.29) is 47.5 Å². The van der Waals surface area contributed by atoms with Crippen molar-refractivity contribution in [3.8, 4) is 11.5 Å². The van der Waals surface area contributed by atoms with Crippen LogP contribution < -0.4 is 4.90 Å². The minimum atomic E-state index is -0.223. The van der Waals surface area contributed by atoms with Gasteiger partial charge in [0.1, 0.15) is 23.9 Å². The lowest BCUT2D eigenvalue weighted by atomic mass is 9.98. The van der Waals surface area contributed by atoms with Gasteiger partial charge in [-0.1, -0.05) is 19.9 Å². The summed E-state index contributed by atoms with van der Waals surface area (Å²) >= 11 is 0. The molecular weight excluding hydrogens is 406 g/mol. The fourth-order valence-electron chi connectivity index (χ4n) is 3.90. The Morgan fingerprint density at radius 1 is 0.969 bits per heavy atom. The first-order valence-electron chi connectivity index (χ1n) is 11.1.